The summed E-state index contributed by atoms with van der Waals surface area (Å²) in [5.74, 6) is 0.607. The smallest absolute Gasteiger partial charge is 0.410 e. The predicted octanol–water partition coefficient (Wildman–Crippen LogP) is 4.12. The van der Waals surface area contributed by atoms with Gasteiger partial charge < -0.3 is 19.7 Å². The maximum atomic E-state index is 12.4. The fourth-order valence-corrected chi connectivity index (χ4v) is 3.29. The Morgan fingerprint density at radius 3 is 2.74 bits per heavy atom. The van der Waals surface area contributed by atoms with Crippen LogP contribution in [0.2, 0.25) is 5.02 Å². The zero-order chi connectivity index (χ0) is 20.0. The minimum absolute atomic E-state index is 0.191. The number of piperidine rings is 1. The van der Waals surface area contributed by atoms with Crippen LogP contribution in [0.1, 0.15) is 50.4 Å². The molecule has 0 spiro atoms. The molecule has 0 radical (unpaired) electrons. The van der Waals surface area contributed by atoms with E-state index in [1.54, 1.807) is 23.1 Å². The summed E-state index contributed by atoms with van der Waals surface area (Å²) < 4.78 is 10.7. The average Bonchev–Trinajstić information content (AvgIpc) is 2.60. The maximum Gasteiger partial charge on any atom is 0.410 e. The van der Waals surface area contributed by atoms with Gasteiger partial charge in [-0.25, -0.2) is 4.79 Å². The van der Waals surface area contributed by atoms with Gasteiger partial charge in [0.1, 0.15) is 11.4 Å². The van der Waals surface area contributed by atoms with Crippen LogP contribution in [0.15, 0.2) is 18.2 Å². The van der Waals surface area contributed by atoms with Crippen LogP contribution in [0.25, 0.3) is 0 Å². The fraction of sp³-hybridized carbons (Fsp3) is 0.600. The molecule has 1 aliphatic rings. The summed E-state index contributed by atoms with van der Waals surface area (Å²) >= 11 is 5.93. The molecule has 0 bridgehead atoms. The molecule has 150 valence electrons. The van der Waals surface area contributed by atoms with Gasteiger partial charge in [-0.15, -0.1) is 0 Å². The largest absolute Gasteiger partial charge is 0.496 e. The molecule has 1 aromatic rings. The summed E-state index contributed by atoms with van der Waals surface area (Å²) in [6.07, 6.45) is 2.53. The molecule has 1 aromatic carbocycles. The van der Waals surface area contributed by atoms with Gasteiger partial charge in [-0.3, -0.25) is 4.79 Å². The second kappa shape index (κ2) is 9.31. The Balaban J connectivity index is 1.83. The second-order valence-electron chi connectivity index (χ2n) is 7.82. The third kappa shape index (κ3) is 6.61. The summed E-state index contributed by atoms with van der Waals surface area (Å²) in [4.78, 5) is 26.4. The monoisotopic (exact) mass is 396 g/mol. The number of nitrogens with zero attached hydrogens (tertiary/aromatic N) is 1. The van der Waals surface area contributed by atoms with Crippen LogP contribution in [0, 0.1) is 5.92 Å². The molecule has 1 unspecified atom stereocenters. The van der Waals surface area contributed by atoms with Crippen molar-refractivity contribution in [3.05, 3.63) is 28.8 Å². The Kier molecular flexibility index (Phi) is 7.36. The number of benzene rings is 1. The van der Waals surface area contributed by atoms with E-state index in [2.05, 4.69) is 5.32 Å². The Morgan fingerprint density at radius 2 is 2.07 bits per heavy atom. The van der Waals surface area contributed by atoms with Gasteiger partial charge >= 0.3 is 6.09 Å². The maximum absolute atomic E-state index is 12.4. The zero-order valence-electron chi connectivity index (χ0n) is 16.5. The number of hydrogen-bond acceptors (Lipinski definition) is 4. The van der Waals surface area contributed by atoms with Crippen LogP contribution in [0.5, 0.6) is 5.75 Å². The van der Waals surface area contributed by atoms with Gasteiger partial charge in [0.15, 0.2) is 0 Å². The molecule has 6 nitrogen and oxygen atoms in total. The molecule has 1 N–H and O–H groups in total. The van der Waals surface area contributed by atoms with Crippen LogP contribution in [-0.2, 0) is 4.74 Å². The first-order chi connectivity index (χ1) is 12.7. The van der Waals surface area contributed by atoms with Crippen molar-refractivity contribution < 1.29 is 19.1 Å². The lowest BCUT2D eigenvalue weighted by molar-refractivity contribution is 0.0161. The highest BCUT2D eigenvalue weighted by atomic mass is 35.5. The van der Waals surface area contributed by atoms with Gasteiger partial charge in [0.2, 0.25) is 0 Å². The highest BCUT2D eigenvalue weighted by molar-refractivity contribution is 6.30. The van der Waals surface area contributed by atoms with Gasteiger partial charge in [-0.1, -0.05) is 11.6 Å². The third-order valence-electron chi connectivity index (χ3n) is 4.42. The number of methoxy groups -OCH3 is 1. The number of likely N-dealkylation sites (tertiary alicyclic amines) is 1. The van der Waals surface area contributed by atoms with E-state index in [4.69, 9.17) is 21.1 Å². The van der Waals surface area contributed by atoms with E-state index in [0.29, 0.717) is 35.3 Å². The highest BCUT2D eigenvalue weighted by Gasteiger charge is 2.27. The van der Waals surface area contributed by atoms with E-state index >= 15 is 0 Å². The van der Waals surface area contributed by atoms with Gasteiger partial charge in [-0.2, -0.15) is 0 Å². The number of carbonyl (C=O) groups is 2. The van der Waals surface area contributed by atoms with E-state index < -0.39 is 5.60 Å². The lowest BCUT2D eigenvalue weighted by atomic mass is 9.95. The van der Waals surface area contributed by atoms with Crippen molar-refractivity contribution in [1.29, 1.82) is 0 Å². The quantitative estimate of drug-likeness (QED) is 0.813. The third-order valence-corrected chi connectivity index (χ3v) is 4.65. The molecule has 2 amide bonds. The topological polar surface area (TPSA) is 67.9 Å². The fourth-order valence-electron chi connectivity index (χ4n) is 3.13. The molecule has 27 heavy (non-hydrogen) atoms. The summed E-state index contributed by atoms with van der Waals surface area (Å²) in [6, 6.07) is 4.94. The average molecular weight is 397 g/mol. The summed E-state index contributed by atoms with van der Waals surface area (Å²) in [5, 5.41) is 3.45. The number of nitrogens with one attached hydrogen (secondary N) is 1. The SMILES string of the molecule is COc1cc(Cl)ccc1C(=O)NCCC1CCCN(C(=O)OC(C)(C)C)C1. The predicted molar refractivity (Wildman–Crippen MR) is 105 cm³/mol. The van der Waals surface area contributed by atoms with Crippen molar-refractivity contribution in [2.24, 2.45) is 5.92 Å². The van der Waals surface area contributed by atoms with Crippen LogP contribution >= 0.6 is 11.6 Å². The Labute approximate surface area is 166 Å². The normalized spacial score (nSPS) is 17.4. The highest BCUT2D eigenvalue weighted by Crippen LogP contribution is 2.24. The molecule has 1 aliphatic heterocycles. The van der Waals surface area contributed by atoms with Gasteiger partial charge in [-0.05, 0) is 64.2 Å². The van der Waals surface area contributed by atoms with E-state index in [1.165, 1.54) is 7.11 Å². The van der Waals surface area contributed by atoms with Gasteiger partial charge in [0.05, 0.1) is 12.7 Å². The molecule has 7 heteroatoms. The van der Waals surface area contributed by atoms with E-state index in [9.17, 15) is 9.59 Å². The summed E-state index contributed by atoms with van der Waals surface area (Å²) in [5.41, 5.74) is -0.0312. The van der Waals surface area contributed by atoms with E-state index in [1.807, 2.05) is 20.8 Å². The number of carbonyl (C=O) groups excluding carboxylic acids is 2. The Morgan fingerprint density at radius 1 is 1.33 bits per heavy atom. The number of hydrogen-bond donors (Lipinski definition) is 1. The first kappa shape index (κ1) is 21.4. The van der Waals surface area contributed by atoms with Crippen LogP contribution < -0.4 is 10.1 Å². The molecular weight excluding hydrogens is 368 g/mol. The molecular formula is C20H29ClN2O4. The molecule has 1 saturated heterocycles. The minimum Gasteiger partial charge on any atom is -0.496 e. The van der Waals surface area contributed by atoms with Crippen molar-refractivity contribution in [2.45, 2.75) is 45.6 Å². The number of amides is 2. The van der Waals surface area contributed by atoms with Crippen LogP contribution in [-0.4, -0.2) is 49.2 Å². The zero-order valence-corrected chi connectivity index (χ0v) is 17.3. The van der Waals surface area contributed by atoms with E-state index in [-0.39, 0.29) is 12.0 Å². The van der Waals surface area contributed by atoms with Crippen molar-refractivity contribution in [3.8, 4) is 5.75 Å². The number of rotatable bonds is 5. The Bertz CT molecular complexity index is 672. The molecule has 1 heterocycles. The van der Waals surface area contributed by atoms with Crippen LogP contribution in [0.3, 0.4) is 0 Å². The standard InChI is InChI=1S/C20H29ClN2O4/c1-20(2,3)27-19(25)23-11-5-6-14(13-23)9-10-22-18(24)16-8-7-15(21)12-17(16)26-4/h7-8,12,14H,5-6,9-11,13H2,1-4H3,(H,22,24). The van der Waals surface area contributed by atoms with Crippen molar-refractivity contribution in [3.63, 3.8) is 0 Å². The Hall–Kier alpha value is -1.95. The van der Waals surface area contributed by atoms with Crippen molar-refractivity contribution in [1.82, 2.24) is 10.2 Å². The molecule has 2 rings (SSSR count). The molecule has 0 saturated carbocycles. The second-order valence-corrected chi connectivity index (χ2v) is 8.26. The lowest BCUT2D eigenvalue weighted by Gasteiger charge is -2.34. The molecule has 1 atom stereocenters. The molecule has 0 aliphatic carbocycles. The number of ether oxygens (including phenoxy) is 2. The lowest BCUT2D eigenvalue weighted by Crippen LogP contribution is -2.43. The minimum atomic E-state index is -0.490. The molecule has 0 aromatic heterocycles. The summed E-state index contributed by atoms with van der Waals surface area (Å²) in [7, 11) is 1.51. The first-order valence-electron chi connectivity index (χ1n) is 9.29. The number of halogens is 1. The van der Waals surface area contributed by atoms with Gasteiger partial charge in [0.25, 0.3) is 5.91 Å². The molecule has 1 fully saturated rings. The van der Waals surface area contributed by atoms with Crippen molar-refractivity contribution >= 4 is 23.6 Å². The van der Waals surface area contributed by atoms with E-state index in [0.717, 1.165) is 25.8 Å². The first-order valence-corrected chi connectivity index (χ1v) is 9.67. The summed E-state index contributed by atoms with van der Waals surface area (Å²) in [6.45, 7) is 7.53. The van der Waals surface area contributed by atoms with Gasteiger partial charge in [0, 0.05) is 24.7 Å². The van der Waals surface area contributed by atoms with Crippen LogP contribution in [0.4, 0.5) is 4.79 Å². The van der Waals surface area contributed by atoms with Crippen molar-refractivity contribution in [2.75, 3.05) is 26.7 Å².